The minimum absolute atomic E-state index is 0. The molecule has 32 heavy (non-hydrogen) atoms. The zero-order chi connectivity index (χ0) is 22.6. The zero-order valence-electron chi connectivity index (χ0n) is 19.4. The predicted molar refractivity (Wildman–Crippen MR) is 107 cm³/mol. The SMILES string of the molecule is C[C@@]1(C(=O)[O-])CC2=CC(=O)CC[C@]2(C)C23O[C@H]2C[C@@]2(C)C(CC[C@@]2(O)CCC(=O)O)C31.[K+]. The van der Waals surface area contributed by atoms with Crippen LogP contribution in [0.5, 0.6) is 0 Å². The van der Waals surface area contributed by atoms with Gasteiger partial charge < -0.3 is 24.9 Å². The Morgan fingerprint density at radius 2 is 1.94 bits per heavy atom. The van der Waals surface area contributed by atoms with Gasteiger partial charge in [-0.2, -0.15) is 0 Å². The van der Waals surface area contributed by atoms with E-state index >= 15 is 0 Å². The van der Waals surface area contributed by atoms with Gasteiger partial charge in [0.15, 0.2) is 5.78 Å². The minimum Gasteiger partial charge on any atom is -0.550 e. The molecule has 0 aromatic carbocycles. The number of carboxylic acids is 2. The molecule has 8 atom stereocenters. The summed E-state index contributed by atoms with van der Waals surface area (Å²) in [5.41, 5.74) is -3.24. The van der Waals surface area contributed by atoms with Crippen molar-refractivity contribution in [2.75, 3.05) is 0 Å². The number of fused-ring (bicyclic) bond motifs is 3. The van der Waals surface area contributed by atoms with Crippen molar-refractivity contribution in [2.45, 2.75) is 89.4 Å². The number of aliphatic carboxylic acids is 2. The number of hydrogen-bond donors (Lipinski definition) is 2. The summed E-state index contributed by atoms with van der Waals surface area (Å²) in [6.45, 7) is 5.82. The number of ether oxygens (including phenoxy) is 1. The molecule has 5 aliphatic rings. The van der Waals surface area contributed by atoms with Crippen molar-refractivity contribution in [3.63, 3.8) is 0 Å². The fourth-order valence-electron chi connectivity index (χ4n) is 8.40. The van der Waals surface area contributed by atoms with E-state index < -0.39 is 39.4 Å². The molecule has 7 nitrogen and oxygen atoms in total. The first-order valence-electron chi connectivity index (χ1n) is 11.4. The maximum absolute atomic E-state index is 12.6. The maximum atomic E-state index is 12.6. The summed E-state index contributed by atoms with van der Waals surface area (Å²) in [6.07, 6.45) is 4.44. The third-order valence-corrected chi connectivity index (χ3v) is 10.2. The summed E-state index contributed by atoms with van der Waals surface area (Å²) in [7, 11) is 0. The average Bonchev–Trinajstić information content (AvgIpc) is 3.34. The molecular formula is C24H31KO7. The van der Waals surface area contributed by atoms with Gasteiger partial charge in [-0.3, -0.25) is 9.59 Å². The van der Waals surface area contributed by atoms with Crippen molar-refractivity contribution >= 4 is 17.7 Å². The van der Waals surface area contributed by atoms with Gasteiger partial charge in [0.1, 0.15) is 5.60 Å². The van der Waals surface area contributed by atoms with Crippen molar-refractivity contribution in [3.05, 3.63) is 11.6 Å². The number of rotatable bonds is 4. The summed E-state index contributed by atoms with van der Waals surface area (Å²) < 4.78 is 6.47. The first-order valence-corrected chi connectivity index (χ1v) is 11.4. The van der Waals surface area contributed by atoms with E-state index in [9.17, 15) is 29.7 Å². The second-order valence-corrected chi connectivity index (χ2v) is 11.4. The smallest absolute Gasteiger partial charge is 0.550 e. The molecule has 1 spiro atoms. The largest absolute Gasteiger partial charge is 1.00 e. The monoisotopic (exact) mass is 470 g/mol. The van der Waals surface area contributed by atoms with Crippen LogP contribution >= 0.6 is 0 Å². The second kappa shape index (κ2) is 7.45. The van der Waals surface area contributed by atoms with Gasteiger partial charge in [-0.1, -0.05) is 26.3 Å². The summed E-state index contributed by atoms with van der Waals surface area (Å²) in [5.74, 6) is -2.53. The van der Waals surface area contributed by atoms with E-state index in [2.05, 4.69) is 6.92 Å². The van der Waals surface area contributed by atoms with E-state index in [-0.39, 0.29) is 94.4 Å². The van der Waals surface area contributed by atoms with E-state index in [4.69, 9.17) is 4.74 Å². The Hall–Kier alpha value is -0.0936. The Labute approximate surface area is 230 Å². The third-order valence-electron chi connectivity index (χ3n) is 10.2. The summed E-state index contributed by atoms with van der Waals surface area (Å²) >= 11 is 0. The number of hydrogen-bond acceptors (Lipinski definition) is 6. The Morgan fingerprint density at radius 1 is 1.25 bits per heavy atom. The Bertz CT molecular complexity index is 931. The van der Waals surface area contributed by atoms with Gasteiger partial charge in [0, 0.05) is 41.0 Å². The normalized spacial score (nSPS) is 50.7. The summed E-state index contributed by atoms with van der Waals surface area (Å²) in [5, 5.41) is 33.4. The average molecular weight is 471 g/mol. The molecule has 0 aromatic heterocycles. The molecule has 3 unspecified atom stereocenters. The van der Waals surface area contributed by atoms with E-state index in [1.165, 1.54) is 0 Å². The number of carbonyl (C=O) groups is 3. The number of carboxylic acid groups (broad SMARTS) is 2. The van der Waals surface area contributed by atoms with E-state index in [1.807, 2.05) is 6.92 Å². The molecule has 4 fully saturated rings. The van der Waals surface area contributed by atoms with Crippen LogP contribution in [0.25, 0.3) is 0 Å². The molecule has 3 saturated carbocycles. The minimum atomic E-state index is -1.22. The van der Waals surface area contributed by atoms with E-state index in [1.54, 1.807) is 13.0 Å². The van der Waals surface area contributed by atoms with E-state index in [0.29, 0.717) is 32.1 Å². The number of aliphatic hydroxyl groups is 1. The Balaban J connectivity index is 0.00000245. The fourth-order valence-corrected chi connectivity index (χ4v) is 8.40. The Kier molecular flexibility index (Phi) is 5.82. The second-order valence-electron chi connectivity index (χ2n) is 11.4. The number of epoxide rings is 1. The zero-order valence-corrected chi connectivity index (χ0v) is 22.5. The molecule has 0 amide bonds. The standard InChI is InChI=1S/C24H32O7.K/c1-20(19(28)29)11-13-10-14(25)4-7-21(13,2)24-16(31-24)12-22(3)15(18(20)24)5-8-23(22,30)9-6-17(26)27;/h10,15-16,18,30H,4-9,11-12H2,1-3H3,(H,26,27)(H,28,29);/q;+1/p-1/t15?,16-,18?,20+,21-,22-,23+,24?;/m0./s1. The number of carbonyl (C=O) groups excluding carboxylic acids is 2. The maximum Gasteiger partial charge on any atom is 1.00 e. The molecule has 2 N–H and O–H groups in total. The molecule has 8 heteroatoms. The summed E-state index contributed by atoms with van der Waals surface area (Å²) in [4.78, 5) is 36.0. The van der Waals surface area contributed by atoms with Crippen LogP contribution in [0.3, 0.4) is 0 Å². The molecule has 1 aliphatic heterocycles. The van der Waals surface area contributed by atoms with Crippen molar-refractivity contribution in [2.24, 2.45) is 28.1 Å². The molecule has 0 radical (unpaired) electrons. The van der Waals surface area contributed by atoms with Crippen molar-refractivity contribution in [1.82, 2.24) is 0 Å². The van der Waals surface area contributed by atoms with Crippen molar-refractivity contribution < 1.29 is 85.8 Å². The van der Waals surface area contributed by atoms with Crippen LogP contribution in [0, 0.1) is 28.1 Å². The van der Waals surface area contributed by atoms with Gasteiger partial charge in [0.2, 0.25) is 0 Å². The summed E-state index contributed by atoms with van der Waals surface area (Å²) in [6, 6.07) is 0. The van der Waals surface area contributed by atoms with Gasteiger partial charge in [-0.25, -0.2) is 0 Å². The fraction of sp³-hybridized carbons (Fsp3) is 0.792. The molecule has 5 rings (SSSR count). The molecule has 4 aliphatic carbocycles. The van der Waals surface area contributed by atoms with Crippen LogP contribution in [0.2, 0.25) is 0 Å². The first-order chi connectivity index (χ1) is 14.3. The van der Waals surface area contributed by atoms with Gasteiger partial charge in [-0.05, 0) is 50.5 Å². The van der Waals surface area contributed by atoms with Crippen molar-refractivity contribution in [1.29, 1.82) is 0 Å². The van der Waals surface area contributed by atoms with Crippen LogP contribution < -0.4 is 56.5 Å². The molecular weight excluding hydrogens is 439 g/mol. The van der Waals surface area contributed by atoms with Crippen LogP contribution in [-0.4, -0.2) is 45.2 Å². The number of ketones is 1. The van der Waals surface area contributed by atoms with Crippen LogP contribution in [0.15, 0.2) is 11.6 Å². The molecule has 1 heterocycles. The van der Waals surface area contributed by atoms with Gasteiger partial charge in [0.05, 0.1) is 11.7 Å². The Morgan fingerprint density at radius 3 is 2.56 bits per heavy atom. The third kappa shape index (κ3) is 2.90. The molecule has 170 valence electrons. The van der Waals surface area contributed by atoms with Gasteiger partial charge in [-0.15, -0.1) is 0 Å². The molecule has 0 aromatic rings. The van der Waals surface area contributed by atoms with E-state index in [0.717, 1.165) is 5.57 Å². The predicted octanol–water partition coefficient (Wildman–Crippen LogP) is -1.38. The van der Waals surface area contributed by atoms with Crippen LogP contribution in [0.1, 0.15) is 72.1 Å². The quantitative estimate of drug-likeness (QED) is 0.383. The van der Waals surface area contributed by atoms with Gasteiger partial charge in [0.25, 0.3) is 0 Å². The van der Waals surface area contributed by atoms with Crippen LogP contribution in [-0.2, 0) is 19.1 Å². The molecule has 0 bridgehead atoms. The molecule has 1 saturated heterocycles. The van der Waals surface area contributed by atoms with Crippen molar-refractivity contribution in [3.8, 4) is 0 Å². The first kappa shape index (κ1) is 25.0. The topological polar surface area (TPSA) is 127 Å². The van der Waals surface area contributed by atoms with Crippen LogP contribution in [0.4, 0.5) is 0 Å². The van der Waals surface area contributed by atoms with Gasteiger partial charge >= 0.3 is 57.4 Å².